The summed E-state index contributed by atoms with van der Waals surface area (Å²) in [7, 11) is 0. The predicted octanol–water partition coefficient (Wildman–Crippen LogP) is 2.74. The normalized spacial score (nSPS) is 9.75. The molecule has 0 spiro atoms. The van der Waals surface area contributed by atoms with Gasteiger partial charge in [0, 0.05) is 0 Å². The van der Waals surface area contributed by atoms with E-state index in [1.807, 2.05) is 0 Å². The predicted molar refractivity (Wildman–Crippen MR) is 44.1 cm³/mol. The maximum absolute atomic E-state index is 10.7. The molecule has 0 N–H and O–H groups in total. The first-order chi connectivity index (χ1) is 5.81. The van der Waals surface area contributed by atoms with E-state index in [2.05, 4.69) is 10.3 Å². The molecule has 0 amide bonds. The molecule has 71 valence electrons. The van der Waals surface area contributed by atoms with Gasteiger partial charge in [-0.05, 0) is 0 Å². The third-order valence-electron chi connectivity index (χ3n) is 1.83. The third kappa shape index (κ3) is 8.26. The Kier molecular flexibility index (Phi) is 9.37. The maximum atomic E-state index is 10.7. The van der Waals surface area contributed by atoms with Crippen molar-refractivity contribution < 1.29 is 28.4 Å². The van der Waals surface area contributed by atoms with Gasteiger partial charge in [0.25, 0.3) is 0 Å². The summed E-state index contributed by atoms with van der Waals surface area (Å²) in [5.41, 5.74) is 0. The van der Waals surface area contributed by atoms with Crippen LogP contribution in [0, 0.1) is 0 Å². The molecule has 0 aromatic carbocycles. The Hall–Kier alpha value is 0.158. The summed E-state index contributed by atoms with van der Waals surface area (Å²) in [6.07, 6.45) is 7.89. The molecule has 2 nitrogen and oxygen atoms in total. The second-order valence-corrected chi connectivity index (χ2v) is 3.38. The minimum absolute atomic E-state index is 0.0738. The van der Waals surface area contributed by atoms with Gasteiger partial charge in [0.1, 0.15) is 0 Å². The molecule has 3 heteroatoms. The van der Waals surface area contributed by atoms with E-state index in [0.29, 0.717) is 6.42 Å². The van der Waals surface area contributed by atoms with E-state index in [1.165, 1.54) is 45.9 Å². The van der Waals surface area contributed by atoms with E-state index >= 15 is 0 Å². The summed E-state index contributed by atoms with van der Waals surface area (Å²) in [5.74, 6) is -0.0738. The number of rotatable bonds is 7. The first-order valence-corrected chi connectivity index (χ1v) is 5.45. The molecule has 0 unspecified atom stereocenters. The Balaban J connectivity index is 2.95. The molecule has 0 heterocycles. The zero-order chi connectivity index (χ0) is 9.23. The summed E-state index contributed by atoms with van der Waals surface area (Å²) >= 11 is 1.38. The van der Waals surface area contributed by atoms with Crippen molar-refractivity contribution in [1.82, 2.24) is 0 Å². The van der Waals surface area contributed by atoms with Crippen LogP contribution in [0.4, 0.5) is 0 Å². The van der Waals surface area contributed by atoms with Gasteiger partial charge in [0.05, 0.1) is 0 Å². The Morgan fingerprint density at radius 1 is 1.17 bits per heavy atom. The number of unbranched alkanes of at least 4 members (excludes halogenated alkanes) is 5. The molecule has 0 aliphatic heterocycles. The quantitative estimate of drug-likeness (QED) is 0.515. The van der Waals surface area contributed by atoms with Crippen molar-refractivity contribution >= 4 is 5.97 Å². The molecule has 0 rings (SSSR count). The van der Waals surface area contributed by atoms with Gasteiger partial charge in [0.2, 0.25) is 0 Å². The van der Waals surface area contributed by atoms with Gasteiger partial charge in [-0.1, -0.05) is 0 Å². The van der Waals surface area contributed by atoms with E-state index in [4.69, 9.17) is 0 Å². The number of carbonyl (C=O) groups excluding carboxylic acids is 1. The van der Waals surface area contributed by atoms with Crippen LogP contribution in [-0.2, 0) is 28.4 Å². The first-order valence-electron chi connectivity index (χ1n) is 4.64. The summed E-state index contributed by atoms with van der Waals surface area (Å²) in [6, 6.07) is 0. The van der Waals surface area contributed by atoms with E-state index in [9.17, 15) is 4.79 Å². The number of hydrogen-bond donors (Lipinski definition) is 0. The van der Waals surface area contributed by atoms with E-state index in [0.717, 1.165) is 12.8 Å². The molecular weight excluding hydrogens is 236 g/mol. The average Bonchev–Trinajstić information content (AvgIpc) is 2.10. The molecule has 0 aliphatic carbocycles. The molecule has 0 aliphatic rings. The van der Waals surface area contributed by atoms with E-state index in [1.54, 1.807) is 0 Å². The van der Waals surface area contributed by atoms with Crippen LogP contribution in [0.5, 0.6) is 0 Å². The van der Waals surface area contributed by atoms with Gasteiger partial charge < -0.3 is 0 Å². The van der Waals surface area contributed by atoms with Crippen LogP contribution in [-0.4, -0.2) is 5.97 Å². The molecule has 0 atom stereocenters. The molecule has 12 heavy (non-hydrogen) atoms. The summed E-state index contributed by atoms with van der Waals surface area (Å²) in [5, 5.41) is 0. The van der Waals surface area contributed by atoms with Gasteiger partial charge >= 0.3 is 86.2 Å². The molecule has 0 bridgehead atoms. The zero-order valence-corrected chi connectivity index (χ0v) is 9.68. The Morgan fingerprint density at radius 2 is 1.75 bits per heavy atom. The van der Waals surface area contributed by atoms with Gasteiger partial charge in [-0.3, -0.25) is 0 Å². The molecule has 0 radical (unpaired) electrons. The van der Waals surface area contributed by atoms with Crippen molar-refractivity contribution in [2.75, 3.05) is 0 Å². The summed E-state index contributed by atoms with van der Waals surface area (Å²) in [6.45, 7) is 2.20. The van der Waals surface area contributed by atoms with Crippen LogP contribution in [0.2, 0.25) is 0 Å². The zero-order valence-electron chi connectivity index (χ0n) is 7.67. The average molecular weight is 253 g/mol. The van der Waals surface area contributed by atoms with Crippen molar-refractivity contribution in [3.63, 3.8) is 0 Å². The van der Waals surface area contributed by atoms with Crippen molar-refractivity contribution in [1.29, 1.82) is 0 Å². The van der Waals surface area contributed by atoms with E-state index < -0.39 is 0 Å². The molecule has 0 aromatic rings. The standard InChI is InChI=1S/C9H18O2.Mo/c1-2-3-4-5-6-7-8-9(10)11;/h2-8H2,1H3,(H,10,11);/q;+1/p-1. The van der Waals surface area contributed by atoms with Crippen LogP contribution < -0.4 is 0 Å². The van der Waals surface area contributed by atoms with Crippen molar-refractivity contribution in [3.8, 4) is 0 Å². The summed E-state index contributed by atoms with van der Waals surface area (Å²) in [4.78, 5) is 10.7. The molecule has 0 saturated carbocycles. The monoisotopic (exact) mass is 255 g/mol. The summed E-state index contributed by atoms with van der Waals surface area (Å²) < 4.78 is 4.55. The SMILES string of the molecule is CCCCCCCCC(=O)[O][Mo]. The van der Waals surface area contributed by atoms with Crippen LogP contribution in [0.15, 0.2) is 0 Å². The van der Waals surface area contributed by atoms with Gasteiger partial charge in [0.15, 0.2) is 0 Å². The fourth-order valence-electron chi connectivity index (χ4n) is 1.09. The van der Waals surface area contributed by atoms with Gasteiger partial charge in [-0.15, -0.1) is 0 Å². The van der Waals surface area contributed by atoms with Crippen LogP contribution >= 0.6 is 0 Å². The third-order valence-corrected chi connectivity index (χ3v) is 2.28. The molecule has 0 fully saturated rings. The van der Waals surface area contributed by atoms with Crippen LogP contribution in [0.25, 0.3) is 0 Å². The van der Waals surface area contributed by atoms with E-state index in [-0.39, 0.29) is 5.97 Å². The Bertz CT molecular complexity index is 115. The second kappa shape index (κ2) is 9.25. The first kappa shape index (κ1) is 12.2. The minimum atomic E-state index is -0.0738. The molecule has 0 aromatic heterocycles. The molecular formula is C9H17MoO2. The fraction of sp³-hybridized carbons (Fsp3) is 0.889. The van der Waals surface area contributed by atoms with Crippen LogP contribution in [0.1, 0.15) is 51.9 Å². The molecule has 0 saturated heterocycles. The topological polar surface area (TPSA) is 26.3 Å². The van der Waals surface area contributed by atoms with Crippen molar-refractivity contribution in [3.05, 3.63) is 0 Å². The van der Waals surface area contributed by atoms with Gasteiger partial charge in [-0.25, -0.2) is 0 Å². The Labute approximate surface area is 86.4 Å². The van der Waals surface area contributed by atoms with Gasteiger partial charge in [-0.2, -0.15) is 0 Å². The number of carbonyl (C=O) groups is 1. The second-order valence-electron chi connectivity index (χ2n) is 2.97. The fourth-order valence-corrected chi connectivity index (χ4v) is 1.30. The number of hydrogen-bond acceptors (Lipinski definition) is 2. The van der Waals surface area contributed by atoms with Crippen molar-refractivity contribution in [2.45, 2.75) is 51.9 Å². The van der Waals surface area contributed by atoms with Crippen molar-refractivity contribution in [2.24, 2.45) is 0 Å². The van der Waals surface area contributed by atoms with Crippen LogP contribution in [0.3, 0.4) is 0 Å². The Morgan fingerprint density at radius 3 is 2.33 bits per heavy atom.